The zero-order valence-corrected chi connectivity index (χ0v) is 14.6. The lowest BCUT2D eigenvalue weighted by Gasteiger charge is -2.10. The molecule has 0 saturated heterocycles. The molecular formula is C22H20N2O2. The maximum Gasteiger partial charge on any atom is 0.271 e. The molecule has 26 heavy (non-hydrogen) atoms. The predicted molar refractivity (Wildman–Crippen MR) is 106 cm³/mol. The number of hydrogen-bond donors (Lipinski definition) is 1. The van der Waals surface area contributed by atoms with Crippen molar-refractivity contribution in [2.75, 3.05) is 6.61 Å². The molecule has 4 heteroatoms. The van der Waals surface area contributed by atoms with E-state index in [1.54, 1.807) is 18.4 Å². The van der Waals surface area contributed by atoms with Crippen LogP contribution in [0.25, 0.3) is 10.8 Å². The highest BCUT2D eigenvalue weighted by atomic mass is 16.5. The van der Waals surface area contributed by atoms with Crippen molar-refractivity contribution in [2.45, 2.75) is 6.92 Å². The predicted octanol–water partition coefficient (Wildman–Crippen LogP) is 4.48. The van der Waals surface area contributed by atoms with Gasteiger partial charge in [0.25, 0.3) is 5.91 Å². The van der Waals surface area contributed by atoms with Gasteiger partial charge in [0.15, 0.2) is 0 Å². The molecule has 0 heterocycles. The first-order valence-electron chi connectivity index (χ1n) is 8.35. The molecule has 0 radical (unpaired) electrons. The van der Waals surface area contributed by atoms with Crippen LogP contribution in [-0.4, -0.2) is 18.7 Å². The average Bonchev–Trinajstić information content (AvgIpc) is 2.67. The fraction of sp³-hybridized carbons (Fsp3) is 0.0909. The first-order chi connectivity index (χ1) is 12.7. The number of ether oxygens (including phenoxy) is 1. The van der Waals surface area contributed by atoms with E-state index in [0.29, 0.717) is 17.9 Å². The van der Waals surface area contributed by atoms with Gasteiger partial charge in [-0.2, -0.15) is 5.10 Å². The van der Waals surface area contributed by atoms with E-state index in [0.717, 1.165) is 21.9 Å². The van der Waals surface area contributed by atoms with Crippen LogP contribution in [0.2, 0.25) is 0 Å². The Bertz CT molecular complexity index is 977. The van der Waals surface area contributed by atoms with Gasteiger partial charge in [0.05, 0.1) is 6.21 Å². The van der Waals surface area contributed by atoms with Gasteiger partial charge < -0.3 is 4.74 Å². The molecule has 0 bridgehead atoms. The number of aryl methyl sites for hydroxylation is 1. The fourth-order valence-corrected chi connectivity index (χ4v) is 2.73. The Hall–Kier alpha value is -3.40. The van der Waals surface area contributed by atoms with Crippen molar-refractivity contribution in [3.63, 3.8) is 0 Å². The minimum atomic E-state index is -0.242. The molecule has 1 amide bonds. The molecule has 0 saturated carbocycles. The van der Waals surface area contributed by atoms with E-state index in [2.05, 4.69) is 17.1 Å². The standard InChI is InChI=1S/C22H20N2O2/c1-3-14-26-21-13-12-17-9-5-7-11-19(17)20(21)15-23-24-22(25)18-10-6-4-8-16(18)2/h3-13,15H,1,14H2,2H3,(H,24,25)/b23-15+. The topological polar surface area (TPSA) is 50.7 Å². The van der Waals surface area contributed by atoms with Gasteiger partial charge in [0.2, 0.25) is 0 Å². The van der Waals surface area contributed by atoms with Gasteiger partial charge in [-0.1, -0.05) is 61.2 Å². The van der Waals surface area contributed by atoms with Gasteiger partial charge in [-0.15, -0.1) is 0 Å². The van der Waals surface area contributed by atoms with E-state index >= 15 is 0 Å². The van der Waals surface area contributed by atoms with Crippen LogP contribution in [0, 0.1) is 6.92 Å². The quantitative estimate of drug-likeness (QED) is 0.407. The minimum absolute atomic E-state index is 0.242. The number of nitrogens with one attached hydrogen (secondary N) is 1. The van der Waals surface area contributed by atoms with Crippen molar-refractivity contribution < 1.29 is 9.53 Å². The number of fused-ring (bicyclic) bond motifs is 1. The Kier molecular flexibility index (Phi) is 5.44. The number of hydrazone groups is 1. The van der Waals surface area contributed by atoms with Gasteiger partial charge in [-0.3, -0.25) is 4.79 Å². The molecule has 0 spiro atoms. The molecule has 3 rings (SSSR count). The van der Waals surface area contributed by atoms with Crippen LogP contribution < -0.4 is 10.2 Å². The highest BCUT2D eigenvalue weighted by Gasteiger charge is 2.09. The molecule has 0 fully saturated rings. The van der Waals surface area contributed by atoms with E-state index in [4.69, 9.17) is 4.74 Å². The second kappa shape index (κ2) is 8.12. The van der Waals surface area contributed by atoms with Crippen LogP contribution in [-0.2, 0) is 0 Å². The monoisotopic (exact) mass is 344 g/mol. The summed E-state index contributed by atoms with van der Waals surface area (Å²) in [6, 6.07) is 19.3. The second-order valence-corrected chi connectivity index (χ2v) is 5.81. The summed E-state index contributed by atoms with van der Waals surface area (Å²) < 4.78 is 5.73. The zero-order chi connectivity index (χ0) is 18.4. The van der Waals surface area contributed by atoms with Gasteiger partial charge in [0, 0.05) is 11.1 Å². The van der Waals surface area contributed by atoms with Crippen molar-refractivity contribution in [2.24, 2.45) is 5.10 Å². The van der Waals surface area contributed by atoms with Crippen LogP contribution in [0.4, 0.5) is 0 Å². The summed E-state index contributed by atoms with van der Waals surface area (Å²) in [7, 11) is 0. The van der Waals surface area contributed by atoms with Crippen molar-refractivity contribution in [3.05, 3.63) is 90.0 Å². The van der Waals surface area contributed by atoms with E-state index in [-0.39, 0.29) is 5.91 Å². The molecule has 0 aromatic heterocycles. The lowest BCUT2D eigenvalue weighted by atomic mass is 10.0. The highest BCUT2D eigenvalue weighted by Crippen LogP contribution is 2.26. The Labute approximate surface area is 152 Å². The van der Waals surface area contributed by atoms with Gasteiger partial charge in [-0.05, 0) is 35.4 Å². The highest BCUT2D eigenvalue weighted by molar-refractivity contribution is 6.03. The third kappa shape index (κ3) is 3.81. The van der Waals surface area contributed by atoms with Gasteiger partial charge >= 0.3 is 0 Å². The fourth-order valence-electron chi connectivity index (χ4n) is 2.73. The van der Waals surface area contributed by atoms with Crippen molar-refractivity contribution in [1.82, 2.24) is 5.43 Å². The number of nitrogens with zero attached hydrogens (tertiary/aromatic N) is 1. The summed E-state index contributed by atoms with van der Waals surface area (Å²) in [4.78, 5) is 12.3. The van der Waals surface area contributed by atoms with Crippen LogP contribution in [0.15, 0.2) is 78.4 Å². The molecule has 0 aliphatic carbocycles. The van der Waals surface area contributed by atoms with Gasteiger partial charge in [-0.25, -0.2) is 5.43 Å². The Morgan fingerprint density at radius 2 is 1.88 bits per heavy atom. The molecule has 0 atom stereocenters. The molecule has 4 nitrogen and oxygen atoms in total. The maximum atomic E-state index is 12.3. The normalized spacial score (nSPS) is 10.8. The minimum Gasteiger partial charge on any atom is -0.489 e. The lowest BCUT2D eigenvalue weighted by molar-refractivity contribution is 0.0954. The molecule has 3 aromatic carbocycles. The molecule has 3 aromatic rings. The molecular weight excluding hydrogens is 324 g/mol. The van der Waals surface area contributed by atoms with Crippen LogP contribution in [0.3, 0.4) is 0 Å². The number of carbonyl (C=O) groups excluding carboxylic acids is 1. The van der Waals surface area contributed by atoms with Crippen molar-refractivity contribution >= 4 is 22.9 Å². The van der Waals surface area contributed by atoms with Crippen LogP contribution in [0.1, 0.15) is 21.5 Å². The number of amides is 1. The SMILES string of the molecule is C=CCOc1ccc2ccccc2c1/C=N/NC(=O)c1ccccc1C. The number of rotatable bonds is 6. The first kappa shape index (κ1) is 17.4. The lowest BCUT2D eigenvalue weighted by Crippen LogP contribution is -2.18. The summed E-state index contributed by atoms with van der Waals surface area (Å²) >= 11 is 0. The number of benzene rings is 3. The zero-order valence-electron chi connectivity index (χ0n) is 14.6. The van der Waals surface area contributed by atoms with Crippen LogP contribution >= 0.6 is 0 Å². The summed E-state index contributed by atoms with van der Waals surface area (Å²) in [5, 5.41) is 6.22. The van der Waals surface area contributed by atoms with E-state index in [1.165, 1.54) is 0 Å². The Morgan fingerprint density at radius 1 is 1.12 bits per heavy atom. The van der Waals surface area contributed by atoms with Crippen molar-refractivity contribution in [1.29, 1.82) is 0 Å². The molecule has 0 unspecified atom stereocenters. The smallest absolute Gasteiger partial charge is 0.271 e. The largest absolute Gasteiger partial charge is 0.489 e. The van der Waals surface area contributed by atoms with E-state index in [9.17, 15) is 4.79 Å². The molecule has 130 valence electrons. The van der Waals surface area contributed by atoms with Crippen LogP contribution in [0.5, 0.6) is 5.75 Å². The first-order valence-corrected chi connectivity index (χ1v) is 8.35. The summed E-state index contributed by atoms with van der Waals surface area (Å²) in [6.07, 6.45) is 3.31. The maximum absolute atomic E-state index is 12.3. The molecule has 0 aliphatic heterocycles. The van der Waals surface area contributed by atoms with E-state index in [1.807, 2.05) is 61.5 Å². The molecule has 1 N–H and O–H groups in total. The van der Waals surface area contributed by atoms with Crippen molar-refractivity contribution in [3.8, 4) is 5.75 Å². The Morgan fingerprint density at radius 3 is 2.69 bits per heavy atom. The number of hydrogen-bond acceptors (Lipinski definition) is 3. The number of carbonyl (C=O) groups is 1. The third-order valence-corrected chi connectivity index (χ3v) is 4.04. The third-order valence-electron chi connectivity index (χ3n) is 4.04. The molecule has 0 aliphatic rings. The summed E-state index contributed by atoms with van der Waals surface area (Å²) in [5.74, 6) is 0.450. The van der Waals surface area contributed by atoms with E-state index < -0.39 is 0 Å². The second-order valence-electron chi connectivity index (χ2n) is 5.81. The summed E-state index contributed by atoms with van der Waals surface area (Å²) in [5.41, 5.74) is 4.91. The summed E-state index contributed by atoms with van der Waals surface area (Å²) in [6.45, 7) is 5.97. The Balaban J connectivity index is 1.89. The average molecular weight is 344 g/mol. The van der Waals surface area contributed by atoms with Gasteiger partial charge in [0.1, 0.15) is 12.4 Å².